The molecule has 0 saturated heterocycles. The lowest BCUT2D eigenvalue weighted by molar-refractivity contribution is -0.445. The highest BCUT2D eigenvalue weighted by Gasteiger charge is 2.08. The van der Waals surface area contributed by atoms with E-state index >= 15 is 0 Å². The fourth-order valence-corrected chi connectivity index (χ4v) is 0.0602. The molecule has 6 heteroatoms. The minimum Gasteiger partial charge on any atom is -0.177 e. The number of hydrogen-bond donors (Lipinski definition) is 0. The first-order chi connectivity index (χ1) is 3.13. The summed E-state index contributed by atoms with van der Waals surface area (Å²) in [6.45, 7) is -3.45. The summed E-state index contributed by atoms with van der Waals surface area (Å²) in [6, 6.07) is 0. The number of rotatable bonds is 2. The summed E-state index contributed by atoms with van der Waals surface area (Å²) in [5.74, 6) is 0. The van der Waals surface area contributed by atoms with Crippen LogP contribution >= 0.6 is 0 Å². The Morgan fingerprint density at radius 2 is 1.71 bits per heavy atom. The number of hydrogen-bond acceptors (Lipinski definition) is 2. The Hall–Kier alpha value is -0.360. The van der Waals surface area contributed by atoms with Gasteiger partial charge in [-0.25, -0.2) is 0 Å². The van der Waals surface area contributed by atoms with Crippen molar-refractivity contribution >= 4 is 0 Å². The molecule has 0 aromatic rings. The smallest absolute Gasteiger partial charge is 0.177 e. The van der Waals surface area contributed by atoms with Gasteiger partial charge in [-0.1, -0.05) is 8.96 Å². The van der Waals surface area contributed by atoms with Crippen LogP contribution in [0.1, 0.15) is 0 Å². The van der Waals surface area contributed by atoms with E-state index in [2.05, 4.69) is 4.84 Å². The van der Waals surface area contributed by atoms with E-state index in [1.807, 2.05) is 0 Å². The molecule has 0 radical (unpaired) electrons. The molecule has 0 aromatic heterocycles. The van der Waals surface area contributed by atoms with Gasteiger partial charge in [-0.05, 0) is 0 Å². The van der Waals surface area contributed by atoms with E-state index in [1.54, 1.807) is 0 Å². The minimum atomic E-state index is -3.45. The quantitative estimate of drug-likeness (QED) is 0.307. The summed E-state index contributed by atoms with van der Waals surface area (Å²) in [4.78, 5) is 2.42. The first kappa shape index (κ1) is 6.64. The van der Waals surface area contributed by atoms with Crippen LogP contribution in [0, 0.1) is 0 Å². The third kappa shape index (κ3) is 5.64. The molecule has 0 bridgehead atoms. The second-order valence-corrected chi connectivity index (χ2v) is 0.568. The number of halogens is 4. The van der Waals surface area contributed by atoms with E-state index in [1.165, 1.54) is 0 Å². The zero-order valence-electron chi connectivity index (χ0n) is 2.94. The van der Waals surface area contributed by atoms with E-state index in [4.69, 9.17) is 0 Å². The molecular formula is CHF4NO. The first-order valence-corrected chi connectivity index (χ1v) is 1.19. The summed E-state index contributed by atoms with van der Waals surface area (Å²) >= 11 is 0. The molecule has 0 fully saturated rings. The molecule has 0 spiro atoms. The van der Waals surface area contributed by atoms with Gasteiger partial charge >= 0.3 is 6.61 Å². The predicted octanol–water partition coefficient (Wildman–Crippen LogP) is 1.21. The highest BCUT2D eigenvalue weighted by molar-refractivity contribution is 3.92. The Morgan fingerprint density at radius 3 is 1.71 bits per heavy atom. The van der Waals surface area contributed by atoms with Crippen LogP contribution < -0.4 is 0 Å². The van der Waals surface area contributed by atoms with Crippen LogP contribution in [0.4, 0.5) is 17.7 Å². The van der Waals surface area contributed by atoms with Crippen molar-refractivity contribution in [3.05, 3.63) is 0 Å². The predicted molar refractivity (Wildman–Crippen MR) is 11.1 cm³/mol. The largest absolute Gasteiger partial charge is 0.365 e. The molecule has 2 nitrogen and oxygen atoms in total. The molecule has 0 unspecified atom stereocenters. The van der Waals surface area contributed by atoms with Crippen molar-refractivity contribution < 1.29 is 22.6 Å². The topological polar surface area (TPSA) is 12.5 Å². The van der Waals surface area contributed by atoms with Gasteiger partial charge in [0.15, 0.2) is 5.51 Å². The van der Waals surface area contributed by atoms with Gasteiger partial charge in [-0.2, -0.15) is 13.6 Å². The SMILES string of the molecule is FC(F)ON(F)F. The van der Waals surface area contributed by atoms with Crippen molar-refractivity contribution in [2.45, 2.75) is 6.61 Å². The Balaban J connectivity index is 2.95. The Bertz CT molecular complexity index is 41.0. The van der Waals surface area contributed by atoms with Gasteiger partial charge in [0.05, 0.1) is 0 Å². The van der Waals surface area contributed by atoms with E-state index < -0.39 is 12.1 Å². The van der Waals surface area contributed by atoms with Crippen molar-refractivity contribution in [2.75, 3.05) is 0 Å². The lowest BCUT2D eigenvalue weighted by atomic mass is 11.5. The van der Waals surface area contributed by atoms with Gasteiger partial charge < -0.3 is 0 Å². The third-order valence-electron chi connectivity index (χ3n) is 0.159. The summed E-state index contributed by atoms with van der Waals surface area (Å²) in [7, 11) is 0. The Labute approximate surface area is 36.1 Å². The fourth-order valence-electron chi connectivity index (χ4n) is 0.0602. The van der Waals surface area contributed by atoms with Crippen LogP contribution in [0.2, 0.25) is 0 Å². The normalized spacial score (nSPS) is 11.1. The lowest BCUT2D eigenvalue weighted by Crippen LogP contribution is -2.07. The van der Waals surface area contributed by atoms with Crippen molar-refractivity contribution in [2.24, 2.45) is 0 Å². The Morgan fingerprint density at radius 1 is 1.29 bits per heavy atom. The van der Waals surface area contributed by atoms with Crippen molar-refractivity contribution in [1.82, 2.24) is 5.51 Å². The number of nitrogens with zero attached hydrogens (tertiary/aromatic N) is 1. The standard InChI is InChI=1S/CHF4NO/c2-1(3)7-6(4)5/h1H. The van der Waals surface area contributed by atoms with E-state index in [9.17, 15) is 17.7 Å². The fraction of sp³-hybridized carbons (Fsp3) is 1.00. The van der Waals surface area contributed by atoms with Crippen LogP contribution in [-0.4, -0.2) is 12.1 Å². The molecule has 0 aliphatic heterocycles. The maximum absolute atomic E-state index is 10.5. The van der Waals surface area contributed by atoms with E-state index in [0.29, 0.717) is 0 Å². The molecule has 0 aliphatic rings. The van der Waals surface area contributed by atoms with Crippen LogP contribution in [0.3, 0.4) is 0 Å². The van der Waals surface area contributed by atoms with Gasteiger partial charge in [-0.3, -0.25) is 0 Å². The van der Waals surface area contributed by atoms with Gasteiger partial charge in [0, 0.05) is 0 Å². The van der Waals surface area contributed by atoms with Gasteiger partial charge in [0.2, 0.25) is 0 Å². The van der Waals surface area contributed by atoms with Crippen molar-refractivity contribution in [3.63, 3.8) is 0 Å². The molecule has 0 aliphatic carbocycles. The zero-order chi connectivity index (χ0) is 5.86. The zero-order valence-corrected chi connectivity index (χ0v) is 2.94. The molecule has 0 rings (SSSR count). The maximum Gasteiger partial charge on any atom is 0.365 e. The highest BCUT2D eigenvalue weighted by atomic mass is 19.4. The molecule has 0 amide bonds. The summed E-state index contributed by atoms with van der Waals surface area (Å²) < 4.78 is 41.9. The molecule has 0 saturated carbocycles. The van der Waals surface area contributed by atoms with Crippen LogP contribution in [-0.2, 0) is 4.84 Å². The second-order valence-electron chi connectivity index (χ2n) is 0.568. The molecule has 0 aromatic carbocycles. The summed E-state index contributed by atoms with van der Waals surface area (Å²) in [6.07, 6.45) is 0. The van der Waals surface area contributed by atoms with Crippen LogP contribution in [0.25, 0.3) is 0 Å². The van der Waals surface area contributed by atoms with E-state index in [-0.39, 0.29) is 0 Å². The minimum absolute atomic E-state index is 2.05. The summed E-state index contributed by atoms with van der Waals surface area (Å²) in [5.41, 5.74) is -2.05. The van der Waals surface area contributed by atoms with Gasteiger partial charge in [-0.15, -0.1) is 0 Å². The highest BCUT2D eigenvalue weighted by Crippen LogP contribution is 1.99. The number of alkyl halides is 2. The van der Waals surface area contributed by atoms with Gasteiger partial charge in [0.1, 0.15) is 0 Å². The lowest BCUT2D eigenvalue weighted by Gasteiger charge is -1.95. The molecular weight excluding hydrogens is 118 g/mol. The van der Waals surface area contributed by atoms with Gasteiger partial charge in [0.25, 0.3) is 0 Å². The first-order valence-electron chi connectivity index (χ1n) is 1.19. The molecule has 44 valence electrons. The van der Waals surface area contributed by atoms with Crippen LogP contribution in [0.15, 0.2) is 0 Å². The molecule has 0 N–H and O–H groups in total. The van der Waals surface area contributed by atoms with Crippen LogP contribution in [0.5, 0.6) is 0 Å². The van der Waals surface area contributed by atoms with E-state index in [0.717, 1.165) is 0 Å². The van der Waals surface area contributed by atoms with Crippen molar-refractivity contribution in [3.8, 4) is 0 Å². The molecule has 0 atom stereocenters. The third-order valence-corrected chi connectivity index (χ3v) is 0.159. The average molecular weight is 119 g/mol. The van der Waals surface area contributed by atoms with Crippen molar-refractivity contribution in [1.29, 1.82) is 0 Å². The molecule has 0 heterocycles. The average Bonchev–Trinajstić information content (AvgIpc) is 1.27. The summed E-state index contributed by atoms with van der Waals surface area (Å²) in [5, 5.41) is 0. The Kier molecular flexibility index (Phi) is 2.61. The second kappa shape index (κ2) is 2.75. The molecule has 7 heavy (non-hydrogen) atoms. The maximum atomic E-state index is 10.5. The monoisotopic (exact) mass is 119 g/mol.